The zero-order chi connectivity index (χ0) is 14.8. The van der Waals surface area contributed by atoms with E-state index in [0.717, 1.165) is 11.8 Å². The quantitative estimate of drug-likeness (QED) is 0.790. The molecule has 1 aromatic carbocycles. The molecule has 5 nitrogen and oxygen atoms in total. The number of nitrogens with zero attached hydrogens (tertiary/aromatic N) is 1. The summed E-state index contributed by atoms with van der Waals surface area (Å²) in [6.07, 6.45) is 2.77. The standard InChI is InChI=1S/C14H17NO4S/c1-3-19-14(16)12-9-10-15(20(2,17)18)13(12)11-7-5-4-6-8-11/h4-9,13H,3,10H2,1-2H3. The summed E-state index contributed by atoms with van der Waals surface area (Å²) in [5, 5.41) is 0. The van der Waals surface area contributed by atoms with Gasteiger partial charge < -0.3 is 4.74 Å². The minimum Gasteiger partial charge on any atom is -0.463 e. The van der Waals surface area contributed by atoms with Crippen LogP contribution in [0.3, 0.4) is 0 Å². The van der Waals surface area contributed by atoms with Crippen LogP contribution in [0.5, 0.6) is 0 Å². The van der Waals surface area contributed by atoms with Gasteiger partial charge >= 0.3 is 5.97 Å². The van der Waals surface area contributed by atoms with E-state index in [0.29, 0.717) is 5.57 Å². The van der Waals surface area contributed by atoms with Crippen molar-refractivity contribution in [1.82, 2.24) is 4.31 Å². The Hall–Kier alpha value is -1.66. The Labute approximate surface area is 118 Å². The summed E-state index contributed by atoms with van der Waals surface area (Å²) in [7, 11) is -3.41. The average molecular weight is 295 g/mol. The van der Waals surface area contributed by atoms with Crippen LogP contribution in [-0.2, 0) is 19.6 Å². The number of ether oxygens (including phenoxy) is 1. The normalized spacial score (nSPS) is 19.7. The first-order valence-corrected chi connectivity index (χ1v) is 8.19. The largest absolute Gasteiger partial charge is 0.463 e. The molecular formula is C14H17NO4S. The Balaban J connectivity index is 2.42. The Morgan fingerprint density at radius 1 is 1.35 bits per heavy atom. The van der Waals surface area contributed by atoms with Crippen LogP contribution in [0.1, 0.15) is 18.5 Å². The van der Waals surface area contributed by atoms with Crippen molar-refractivity contribution in [2.24, 2.45) is 0 Å². The lowest BCUT2D eigenvalue weighted by atomic mass is 10.0. The molecule has 0 spiro atoms. The number of hydrogen-bond donors (Lipinski definition) is 0. The number of benzene rings is 1. The highest BCUT2D eigenvalue weighted by molar-refractivity contribution is 7.88. The first-order valence-electron chi connectivity index (χ1n) is 6.34. The van der Waals surface area contributed by atoms with Crippen molar-refractivity contribution < 1.29 is 17.9 Å². The fraction of sp³-hybridized carbons (Fsp3) is 0.357. The zero-order valence-electron chi connectivity index (χ0n) is 11.4. The summed E-state index contributed by atoms with van der Waals surface area (Å²) < 4.78 is 30.1. The minimum absolute atomic E-state index is 0.187. The molecule has 1 aliphatic rings. The maximum Gasteiger partial charge on any atom is 0.335 e. The summed E-state index contributed by atoms with van der Waals surface area (Å²) >= 11 is 0. The minimum atomic E-state index is -3.41. The van der Waals surface area contributed by atoms with Gasteiger partial charge in [-0.1, -0.05) is 36.4 Å². The van der Waals surface area contributed by atoms with Crippen LogP contribution in [0.2, 0.25) is 0 Å². The van der Waals surface area contributed by atoms with Crippen LogP contribution in [0.15, 0.2) is 42.0 Å². The summed E-state index contributed by atoms with van der Waals surface area (Å²) in [6, 6.07) is 8.48. The number of esters is 1. The van der Waals surface area contributed by atoms with E-state index >= 15 is 0 Å². The van der Waals surface area contributed by atoms with E-state index in [1.54, 1.807) is 25.1 Å². The molecule has 0 aliphatic carbocycles. The lowest BCUT2D eigenvalue weighted by molar-refractivity contribution is -0.138. The third-order valence-electron chi connectivity index (χ3n) is 3.13. The fourth-order valence-electron chi connectivity index (χ4n) is 2.28. The molecule has 0 amide bonds. The van der Waals surface area contributed by atoms with E-state index in [2.05, 4.69) is 0 Å². The van der Waals surface area contributed by atoms with Crippen LogP contribution in [0, 0.1) is 0 Å². The molecule has 1 heterocycles. The maximum absolute atomic E-state index is 12.0. The second-order valence-corrected chi connectivity index (χ2v) is 6.46. The van der Waals surface area contributed by atoms with Gasteiger partial charge in [-0.25, -0.2) is 13.2 Å². The molecule has 108 valence electrons. The maximum atomic E-state index is 12.0. The molecule has 20 heavy (non-hydrogen) atoms. The molecule has 0 aromatic heterocycles. The highest BCUT2D eigenvalue weighted by atomic mass is 32.2. The molecule has 6 heteroatoms. The molecule has 1 aromatic rings. The van der Waals surface area contributed by atoms with Crippen molar-refractivity contribution in [2.45, 2.75) is 13.0 Å². The van der Waals surface area contributed by atoms with Gasteiger partial charge in [-0.2, -0.15) is 4.31 Å². The Morgan fingerprint density at radius 2 is 2.00 bits per heavy atom. The molecule has 0 bridgehead atoms. The third-order valence-corrected chi connectivity index (χ3v) is 4.34. The molecule has 1 unspecified atom stereocenters. The van der Waals surface area contributed by atoms with Gasteiger partial charge in [0.2, 0.25) is 10.0 Å². The van der Waals surface area contributed by atoms with Gasteiger partial charge in [-0.15, -0.1) is 0 Å². The van der Waals surface area contributed by atoms with E-state index in [4.69, 9.17) is 4.74 Å². The van der Waals surface area contributed by atoms with Crippen molar-refractivity contribution in [1.29, 1.82) is 0 Å². The lowest BCUT2D eigenvalue weighted by Gasteiger charge is -2.24. The van der Waals surface area contributed by atoms with E-state index in [9.17, 15) is 13.2 Å². The fourth-order valence-corrected chi connectivity index (χ4v) is 3.24. The number of carbonyl (C=O) groups is 1. The van der Waals surface area contributed by atoms with E-state index in [-0.39, 0.29) is 13.2 Å². The molecule has 0 radical (unpaired) electrons. The molecule has 0 saturated heterocycles. The first-order chi connectivity index (χ1) is 9.45. The zero-order valence-corrected chi connectivity index (χ0v) is 12.3. The molecule has 0 N–H and O–H groups in total. The Kier molecular flexibility index (Phi) is 4.25. The van der Waals surface area contributed by atoms with Gasteiger partial charge in [0.25, 0.3) is 0 Å². The predicted octanol–water partition coefficient (Wildman–Crippen LogP) is 1.49. The first kappa shape index (κ1) is 14.7. The topological polar surface area (TPSA) is 63.7 Å². The monoisotopic (exact) mass is 295 g/mol. The summed E-state index contributed by atoms with van der Waals surface area (Å²) in [4.78, 5) is 12.0. The Bertz CT molecular complexity index is 622. The van der Waals surface area contributed by atoms with Crippen LogP contribution in [0.25, 0.3) is 0 Å². The molecular weight excluding hydrogens is 278 g/mol. The van der Waals surface area contributed by atoms with Crippen molar-refractivity contribution in [2.75, 3.05) is 19.4 Å². The van der Waals surface area contributed by atoms with Crippen molar-refractivity contribution in [3.63, 3.8) is 0 Å². The second-order valence-electron chi connectivity index (χ2n) is 4.53. The summed E-state index contributed by atoms with van der Waals surface area (Å²) in [6.45, 7) is 2.17. The highest BCUT2D eigenvalue weighted by Crippen LogP contribution is 2.35. The molecule has 0 saturated carbocycles. The smallest absolute Gasteiger partial charge is 0.335 e. The molecule has 2 rings (SSSR count). The van der Waals surface area contributed by atoms with Crippen molar-refractivity contribution in [3.05, 3.63) is 47.5 Å². The molecule has 1 atom stereocenters. The Morgan fingerprint density at radius 3 is 2.55 bits per heavy atom. The number of carbonyl (C=O) groups excluding carboxylic acids is 1. The highest BCUT2D eigenvalue weighted by Gasteiger charge is 2.38. The SMILES string of the molecule is CCOC(=O)C1=CCN(S(C)(=O)=O)C1c1ccccc1. The molecule has 0 fully saturated rings. The lowest BCUT2D eigenvalue weighted by Crippen LogP contribution is -2.32. The third kappa shape index (κ3) is 2.91. The summed E-state index contributed by atoms with van der Waals surface area (Å²) in [5.41, 5.74) is 1.14. The number of hydrogen-bond acceptors (Lipinski definition) is 4. The van der Waals surface area contributed by atoms with Crippen molar-refractivity contribution in [3.8, 4) is 0 Å². The van der Waals surface area contributed by atoms with E-state index in [1.165, 1.54) is 4.31 Å². The number of rotatable bonds is 4. The van der Waals surface area contributed by atoms with Crippen LogP contribution in [-0.4, -0.2) is 38.1 Å². The van der Waals surface area contributed by atoms with Crippen LogP contribution < -0.4 is 0 Å². The van der Waals surface area contributed by atoms with Crippen LogP contribution in [0.4, 0.5) is 0 Å². The van der Waals surface area contributed by atoms with Gasteiger partial charge in [0.1, 0.15) is 0 Å². The summed E-state index contributed by atoms with van der Waals surface area (Å²) in [5.74, 6) is -0.465. The molecule has 1 aliphatic heterocycles. The van der Waals surface area contributed by atoms with Gasteiger partial charge in [0, 0.05) is 6.54 Å². The van der Waals surface area contributed by atoms with Gasteiger partial charge in [-0.05, 0) is 12.5 Å². The van der Waals surface area contributed by atoms with Crippen LogP contribution >= 0.6 is 0 Å². The van der Waals surface area contributed by atoms with Gasteiger partial charge in [0.05, 0.1) is 24.5 Å². The van der Waals surface area contributed by atoms with Crippen molar-refractivity contribution >= 4 is 16.0 Å². The number of sulfonamides is 1. The van der Waals surface area contributed by atoms with E-state index in [1.807, 2.05) is 18.2 Å². The average Bonchev–Trinajstić information content (AvgIpc) is 2.84. The van der Waals surface area contributed by atoms with Gasteiger partial charge in [-0.3, -0.25) is 0 Å². The second kappa shape index (κ2) is 5.76. The van der Waals surface area contributed by atoms with E-state index < -0.39 is 22.0 Å². The van der Waals surface area contributed by atoms with Gasteiger partial charge in [0.15, 0.2) is 0 Å². The predicted molar refractivity (Wildman–Crippen MR) is 75.4 cm³/mol.